The van der Waals surface area contributed by atoms with Crippen molar-refractivity contribution >= 4 is 11.6 Å². The average Bonchev–Trinajstić information content (AvgIpc) is 2.25. The number of benzene rings is 1. The summed E-state index contributed by atoms with van der Waals surface area (Å²) in [5.41, 5.74) is 0.975. The van der Waals surface area contributed by atoms with E-state index in [0.29, 0.717) is 11.6 Å². The topological polar surface area (TPSA) is 70.7 Å². The fraction of sp³-hybridized carbons (Fsp3) is 0.100. The Morgan fingerprint density at radius 2 is 1.93 bits per heavy atom. The molecule has 1 aromatic heterocycles. The summed E-state index contributed by atoms with van der Waals surface area (Å²) >= 11 is 0. The molecule has 0 spiro atoms. The number of nitrogens with one attached hydrogen (secondary N) is 2. The Balaban J connectivity index is 2.26. The lowest BCUT2D eigenvalue weighted by molar-refractivity contribution is 0.908. The summed E-state index contributed by atoms with van der Waals surface area (Å²) in [6.45, 7) is 1.61. The van der Waals surface area contributed by atoms with Crippen LogP contribution in [-0.2, 0) is 0 Å². The molecule has 5 heteroatoms. The van der Waals surface area contributed by atoms with Crippen LogP contribution >= 0.6 is 0 Å². The Morgan fingerprint density at radius 3 is 2.60 bits per heavy atom. The predicted octanol–water partition coefficient (Wildman–Crippen LogP) is 1.22. The molecule has 76 valence electrons. The smallest absolute Gasteiger partial charge is 0.273 e. The monoisotopic (exact) mass is 202 g/mol. The van der Waals surface area contributed by atoms with Gasteiger partial charge in [-0.25, -0.2) is 0 Å². The lowest BCUT2D eigenvalue weighted by atomic mass is 10.3. The number of hydrogen-bond donors (Lipinski definition) is 2. The van der Waals surface area contributed by atoms with Crippen LogP contribution in [0.5, 0.6) is 0 Å². The molecule has 15 heavy (non-hydrogen) atoms. The summed E-state index contributed by atoms with van der Waals surface area (Å²) in [5, 5.41) is 10.5. The lowest BCUT2D eigenvalue weighted by Crippen LogP contribution is -2.15. The molecule has 0 amide bonds. The molecule has 0 fully saturated rings. The maximum Gasteiger partial charge on any atom is 0.273 e. The second kappa shape index (κ2) is 3.91. The molecule has 1 heterocycles. The van der Waals surface area contributed by atoms with Crippen LogP contribution in [0.15, 0.2) is 35.1 Å². The second-order valence-electron chi connectivity index (χ2n) is 3.08. The molecule has 0 saturated carbocycles. The van der Waals surface area contributed by atoms with E-state index in [2.05, 4.69) is 20.5 Å². The normalized spacial score (nSPS) is 9.93. The van der Waals surface area contributed by atoms with Crippen molar-refractivity contribution in [1.82, 2.24) is 15.2 Å². The van der Waals surface area contributed by atoms with E-state index in [0.717, 1.165) is 5.69 Å². The van der Waals surface area contributed by atoms with Gasteiger partial charge in [0.2, 0.25) is 5.95 Å². The van der Waals surface area contributed by atoms with Crippen molar-refractivity contribution in [2.45, 2.75) is 6.92 Å². The molecule has 2 rings (SSSR count). The fourth-order valence-electron chi connectivity index (χ4n) is 1.11. The average molecular weight is 202 g/mol. The molecule has 5 nitrogen and oxygen atoms in total. The third-order valence-electron chi connectivity index (χ3n) is 1.90. The molecule has 1 aromatic carbocycles. The van der Waals surface area contributed by atoms with Crippen molar-refractivity contribution in [3.8, 4) is 0 Å². The highest BCUT2D eigenvalue weighted by Gasteiger charge is 1.99. The molecule has 0 saturated heterocycles. The minimum absolute atomic E-state index is 0.233. The first-order valence-corrected chi connectivity index (χ1v) is 4.51. The van der Waals surface area contributed by atoms with Crippen molar-refractivity contribution in [2.75, 3.05) is 5.32 Å². The van der Waals surface area contributed by atoms with Gasteiger partial charge in [-0.2, -0.15) is 0 Å². The molecule has 0 aliphatic rings. The molecule has 2 N–H and O–H groups in total. The zero-order valence-electron chi connectivity index (χ0n) is 8.19. The van der Waals surface area contributed by atoms with Gasteiger partial charge < -0.3 is 5.32 Å². The number of aryl methyl sites for hydroxylation is 1. The SMILES string of the molecule is Cc1nnc(Nc2ccccc2)[nH]c1=O. The summed E-state index contributed by atoms with van der Waals surface area (Å²) in [4.78, 5) is 13.8. The predicted molar refractivity (Wildman–Crippen MR) is 57.1 cm³/mol. The highest BCUT2D eigenvalue weighted by Crippen LogP contribution is 2.09. The molecule has 2 aromatic rings. The van der Waals surface area contributed by atoms with Crippen LogP contribution in [0.2, 0.25) is 0 Å². The molecular weight excluding hydrogens is 192 g/mol. The first-order chi connectivity index (χ1) is 7.25. The van der Waals surface area contributed by atoms with Gasteiger partial charge in [0.05, 0.1) is 0 Å². The van der Waals surface area contributed by atoms with Crippen LogP contribution in [0.25, 0.3) is 0 Å². The van der Waals surface area contributed by atoms with E-state index in [-0.39, 0.29) is 5.56 Å². The fourth-order valence-corrected chi connectivity index (χ4v) is 1.11. The van der Waals surface area contributed by atoms with Crippen LogP contribution in [0, 0.1) is 6.92 Å². The minimum atomic E-state index is -0.233. The second-order valence-corrected chi connectivity index (χ2v) is 3.08. The van der Waals surface area contributed by atoms with E-state index in [1.54, 1.807) is 6.92 Å². The third kappa shape index (κ3) is 2.19. The number of aromatic amines is 1. The summed E-state index contributed by atoms with van der Waals surface area (Å²) in [7, 11) is 0. The van der Waals surface area contributed by atoms with Crippen LogP contribution in [-0.4, -0.2) is 15.2 Å². The molecule has 0 bridgehead atoms. The van der Waals surface area contributed by atoms with Gasteiger partial charge in [0, 0.05) is 5.69 Å². The summed E-state index contributed by atoms with van der Waals surface area (Å²) in [5.74, 6) is 0.344. The Bertz CT molecular complexity index is 506. The van der Waals surface area contributed by atoms with Gasteiger partial charge in [0.1, 0.15) is 5.69 Å². The zero-order valence-corrected chi connectivity index (χ0v) is 8.19. The molecule has 0 aliphatic heterocycles. The van der Waals surface area contributed by atoms with Gasteiger partial charge in [0.25, 0.3) is 5.56 Å². The third-order valence-corrected chi connectivity index (χ3v) is 1.90. The molecule has 0 atom stereocenters. The largest absolute Gasteiger partial charge is 0.324 e. The van der Waals surface area contributed by atoms with E-state index < -0.39 is 0 Å². The van der Waals surface area contributed by atoms with Gasteiger partial charge in [-0.1, -0.05) is 18.2 Å². The summed E-state index contributed by atoms with van der Waals surface area (Å²) in [6, 6.07) is 9.44. The zero-order chi connectivity index (χ0) is 10.7. The quantitative estimate of drug-likeness (QED) is 0.768. The Labute approximate surface area is 86.2 Å². The van der Waals surface area contributed by atoms with Crippen molar-refractivity contribution in [1.29, 1.82) is 0 Å². The van der Waals surface area contributed by atoms with Crippen molar-refractivity contribution in [3.63, 3.8) is 0 Å². The molecule has 0 unspecified atom stereocenters. The van der Waals surface area contributed by atoms with Crippen LogP contribution in [0.3, 0.4) is 0 Å². The Hall–Kier alpha value is -2.17. The van der Waals surface area contributed by atoms with Crippen molar-refractivity contribution in [3.05, 3.63) is 46.4 Å². The maximum absolute atomic E-state index is 11.2. The minimum Gasteiger partial charge on any atom is -0.324 e. The number of rotatable bonds is 2. The van der Waals surface area contributed by atoms with Crippen LogP contribution in [0.4, 0.5) is 11.6 Å². The number of para-hydroxylation sites is 1. The number of H-pyrrole nitrogens is 1. The van der Waals surface area contributed by atoms with E-state index >= 15 is 0 Å². The van der Waals surface area contributed by atoms with Crippen LogP contribution in [0.1, 0.15) is 5.69 Å². The van der Waals surface area contributed by atoms with E-state index in [1.807, 2.05) is 30.3 Å². The van der Waals surface area contributed by atoms with E-state index in [1.165, 1.54) is 0 Å². The number of hydrogen-bond acceptors (Lipinski definition) is 4. The summed E-state index contributed by atoms with van der Waals surface area (Å²) < 4.78 is 0. The lowest BCUT2D eigenvalue weighted by Gasteiger charge is -2.03. The first-order valence-electron chi connectivity index (χ1n) is 4.51. The van der Waals surface area contributed by atoms with Gasteiger partial charge >= 0.3 is 0 Å². The van der Waals surface area contributed by atoms with E-state index in [9.17, 15) is 4.79 Å². The van der Waals surface area contributed by atoms with Crippen molar-refractivity contribution in [2.24, 2.45) is 0 Å². The summed E-state index contributed by atoms with van der Waals surface area (Å²) in [6.07, 6.45) is 0. The highest BCUT2D eigenvalue weighted by atomic mass is 16.1. The number of nitrogens with zero attached hydrogens (tertiary/aromatic N) is 2. The molecule has 0 radical (unpaired) electrons. The maximum atomic E-state index is 11.2. The number of anilines is 2. The van der Waals surface area contributed by atoms with Crippen LogP contribution < -0.4 is 10.9 Å². The Morgan fingerprint density at radius 1 is 1.20 bits per heavy atom. The van der Waals surface area contributed by atoms with Gasteiger partial charge in [-0.15, -0.1) is 10.2 Å². The molecular formula is C10H10N4O. The van der Waals surface area contributed by atoms with Gasteiger partial charge in [-0.05, 0) is 19.1 Å². The number of aromatic nitrogens is 3. The van der Waals surface area contributed by atoms with E-state index in [4.69, 9.17) is 0 Å². The van der Waals surface area contributed by atoms with Gasteiger partial charge in [-0.3, -0.25) is 9.78 Å². The van der Waals surface area contributed by atoms with Gasteiger partial charge in [0.15, 0.2) is 0 Å². The standard InChI is InChI=1S/C10H10N4O/c1-7-9(15)12-10(14-13-7)11-8-5-3-2-4-6-8/h2-6H,1H3,(H2,11,12,14,15). The first kappa shape index (κ1) is 9.39. The van der Waals surface area contributed by atoms with Crippen molar-refractivity contribution < 1.29 is 0 Å². The Kier molecular flexibility index (Phi) is 2.45. The highest BCUT2D eigenvalue weighted by molar-refractivity contribution is 5.51. The molecule has 0 aliphatic carbocycles.